The molecule has 3 heterocycles. The Morgan fingerprint density at radius 3 is 2.67 bits per heavy atom. The number of hydrogen-bond donors (Lipinski definition) is 1. The zero-order valence-corrected chi connectivity index (χ0v) is 15.7. The fourth-order valence-electron chi connectivity index (χ4n) is 3.80. The molecule has 27 heavy (non-hydrogen) atoms. The van der Waals surface area contributed by atoms with Crippen LogP contribution in [0.2, 0.25) is 0 Å². The van der Waals surface area contributed by atoms with E-state index in [1.54, 1.807) is 6.20 Å². The average molecular weight is 372 g/mol. The topological polar surface area (TPSA) is 106 Å². The summed E-state index contributed by atoms with van der Waals surface area (Å²) >= 11 is 0. The summed E-state index contributed by atoms with van der Waals surface area (Å²) < 4.78 is 10.9. The second-order valence-corrected chi connectivity index (χ2v) is 7.19. The summed E-state index contributed by atoms with van der Waals surface area (Å²) in [4.78, 5) is 27.5. The predicted octanol–water partition coefficient (Wildman–Crippen LogP) is 1.58. The Morgan fingerprint density at radius 2 is 1.96 bits per heavy atom. The van der Waals surface area contributed by atoms with Gasteiger partial charge in [0, 0.05) is 26.2 Å². The highest BCUT2D eigenvalue weighted by Gasteiger charge is 2.41. The van der Waals surface area contributed by atoms with Gasteiger partial charge in [0.05, 0.1) is 13.2 Å². The first-order chi connectivity index (χ1) is 13.1. The van der Waals surface area contributed by atoms with Gasteiger partial charge in [0.25, 0.3) is 5.89 Å². The summed E-state index contributed by atoms with van der Waals surface area (Å²) in [6, 6.07) is 0. The third-order valence-electron chi connectivity index (χ3n) is 5.18. The number of ether oxygens (including phenoxy) is 1. The molecule has 0 atom stereocenters. The Hall–Kier alpha value is -2.55. The van der Waals surface area contributed by atoms with Crippen molar-refractivity contribution in [3.05, 3.63) is 17.6 Å². The fourth-order valence-corrected chi connectivity index (χ4v) is 3.80. The molecule has 0 aromatic carbocycles. The Labute approximate surface area is 157 Å². The number of aryl methyl sites for hydroxylation is 1. The van der Waals surface area contributed by atoms with E-state index in [-0.39, 0.29) is 5.91 Å². The lowest BCUT2D eigenvalue weighted by molar-refractivity contribution is -0.121. The zero-order valence-electron chi connectivity index (χ0n) is 15.7. The number of morpholine rings is 1. The number of amides is 1. The van der Waals surface area contributed by atoms with Gasteiger partial charge in [-0.3, -0.25) is 4.79 Å². The summed E-state index contributed by atoms with van der Waals surface area (Å²) in [6.45, 7) is 6.27. The zero-order chi connectivity index (χ0) is 18.9. The van der Waals surface area contributed by atoms with E-state index in [0.29, 0.717) is 36.6 Å². The van der Waals surface area contributed by atoms with E-state index in [2.05, 4.69) is 30.3 Å². The van der Waals surface area contributed by atoms with E-state index < -0.39 is 5.54 Å². The van der Waals surface area contributed by atoms with E-state index in [0.717, 1.165) is 44.3 Å². The van der Waals surface area contributed by atoms with Gasteiger partial charge in [0.15, 0.2) is 5.82 Å². The first kappa shape index (κ1) is 17.8. The van der Waals surface area contributed by atoms with Crippen molar-refractivity contribution in [2.45, 2.75) is 45.1 Å². The summed E-state index contributed by atoms with van der Waals surface area (Å²) in [6.07, 6.45) is 5.45. The van der Waals surface area contributed by atoms with Crippen LogP contribution in [0.3, 0.4) is 0 Å². The molecule has 1 aliphatic carbocycles. The number of aromatic nitrogens is 4. The van der Waals surface area contributed by atoms with Gasteiger partial charge in [-0.05, 0) is 25.3 Å². The van der Waals surface area contributed by atoms with Crippen LogP contribution in [-0.2, 0) is 15.1 Å². The Bertz CT molecular complexity index is 824. The van der Waals surface area contributed by atoms with Gasteiger partial charge in [0.2, 0.25) is 11.9 Å². The lowest BCUT2D eigenvalue weighted by Gasteiger charge is -2.27. The molecule has 2 aromatic rings. The number of rotatable bonds is 4. The van der Waals surface area contributed by atoms with E-state index >= 15 is 0 Å². The summed E-state index contributed by atoms with van der Waals surface area (Å²) in [5.41, 5.74) is 0.949. The van der Waals surface area contributed by atoms with Crippen LogP contribution >= 0.6 is 0 Å². The first-order valence-electron chi connectivity index (χ1n) is 9.37. The van der Waals surface area contributed by atoms with Crippen LogP contribution in [0, 0.1) is 6.92 Å². The Kier molecular flexibility index (Phi) is 4.77. The van der Waals surface area contributed by atoms with Gasteiger partial charge >= 0.3 is 0 Å². The molecule has 1 amide bonds. The van der Waals surface area contributed by atoms with E-state index in [9.17, 15) is 4.79 Å². The van der Waals surface area contributed by atoms with Crippen LogP contribution in [-0.4, -0.2) is 52.3 Å². The highest BCUT2D eigenvalue weighted by atomic mass is 16.5. The summed E-state index contributed by atoms with van der Waals surface area (Å²) in [7, 11) is 0. The van der Waals surface area contributed by atoms with Crippen LogP contribution < -0.4 is 10.2 Å². The van der Waals surface area contributed by atoms with Gasteiger partial charge in [-0.2, -0.15) is 4.98 Å². The number of carbonyl (C=O) groups excluding carboxylic acids is 1. The molecule has 9 nitrogen and oxygen atoms in total. The van der Waals surface area contributed by atoms with Crippen molar-refractivity contribution in [3.63, 3.8) is 0 Å². The van der Waals surface area contributed by atoms with Crippen molar-refractivity contribution >= 4 is 11.9 Å². The molecule has 9 heteroatoms. The smallest absolute Gasteiger partial charge is 0.277 e. The van der Waals surface area contributed by atoms with Crippen LogP contribution in [0.4, 0.5) is 5.95 Å². The SMILES string of the molecule is CC(=O)NC1(c2noc(-c3nc(N4CCOCC4)ncc3C)n2)CCCC1. The van der Waals surface area contributed by atoms with Crippen molar-refractivity contribution in [2.24, 2.45) is 0 Å². The number of carbonyl (C=O) groups is 1. The molecule has 0 spiro atoms. The quantitative estimate of drug-likeness (QED) is 0.862. The highest BCUT2D eigenvalue weighted by molar-refractivity contribution is 5.74. The summed E-state index contributed by atoms with van der Waals surface area (Å²) in [5.74, 6) is 1.43. The van der Waals surface area contributed by atoms with Gasteiger partial charge in [-0.25, -0.2) is 9.97 Å². The highest BCUT2D eigenvalue weighted by Crippen LogP contribution is 2.38. The Balaban J connectivity index is 1.65. The largest absolute Gasteiger partial charge is 0.378 e. The van der Waals surface area contributed by atoms with Gasteiger partial charge < -0.3 is 19.5 Å². The maximum Gasteiger partial charge on any atom is 0.277 e. The minimum absolute atomic E-state index is 0.0870. The maximum absolute atomic E-state index is 11.7. The van der Waals surface area contributed by atoms with Crippen LogP contribution in [0.25, 0.3) is 11.6 Å². The van der Waals surface area contributed by atoms with Crippen molar-refractivity contribution in [1.29, 1.82) is 0 Å². The molecule has 0 radical (unpaired) electrons. The predicted molar refractivity (Wildman–Crippen MR) is 97.1 cm³/mol. The number of hydrogen-bond acceptors (Lipinski definition) is 8. The van der Waals surface area contributed by atoms with Gasteiger partial charge in [-0.1, -0.05) is 18.0 Å². The second kappa shape index (κ2) is 7.22. The molecule has 2 aliphatic rings. The molecular weight excluding hydrogens is 348 g/mol. The molecule has 1 aliphatic heterocycles. The maximum atomic E-state index is 11.7. The van der Waals surface area contributed by atoms with Gasteiger partial charge in [-0.15, -0.1) is 0 Å². The molecule has 0 bridgehead atoms. The Morgan fingerprint density at radius 1 is 1.22 bits per heavy atom. The van der Waals surface area contributed by atoms with Crippen molar-refractivity contribution < 1.29 is 14.1 Å². The van der Waals surface area contributed by atoms with Crippen molar-refractivity contribution in [3.8, 4) is 11.6 Å². The minimum Gasteiger partial charge on any atom is -0.378 e. The number of anilines is 1. The summed E-state index contributed by atoms with van der Waals surface area (Å²) in [5, 5.41) is 7.22. The van der Waals surface area contributed by atoms with Crippen LogP contribution in [0.5, 0.6) is 0 Å². The molecular formula is C18H24N6O3. The lowest BCUT2D eigenvalue weighted by Crippen LogP contribution is -2.43. The van der Waals surface area contributed by atoms with E-state index in [4.69, 9.17) is 9.26 Å². The molecule has 2 aromatic heterocycles. The van der Waals surface area contributed by atoms with Crippen LogP contribution in [0.1, 0.15) is 44.0 Å². The van der Waals surface area contributed by atoms with Gasteiger partial charge in [0.1, 0.15) is 11.2 Å². The molecule has 1 saturated heterocycles. The minimum atomic E-state index is -0.540. The lowest BCUT2D eigenvalue weighted by atomic mass is 9.96. The molecule has 144 valence electrons. The van der Waals surface area contributed by atoms with Crippen molar-refractivity contribution in [2.75, 3.05) is 31.2 Å². The first-order valence-corrected chi connectivity index (χ1v) is 9.37. The molecule has 4 rings (SSSR count). The molecule has 0 unspecified atom stereocenters. The second-order valence-electron chi connectivity index (χ2n) is 7.19. The third-order valence-corrected chi connectivity index (χ3v) is 5.18. The average Bonchev–Trinajstić information content (AvgIpc) is 3.33. The standard InChI is InChI=1S/C18H24N6O3/c1-12-11-19-17(24-7-9-26-10-8-24)20-14(12)15-21-16(23-27-15)18(22-13(2)25)5-3-4-6-18/h11H,3-10H2,1-2H3,(H,22,25). The van der Waals surface area contributed by atoms with E-state index in [1.165, 1.54) is 6.92 Å². The van der Waals surface area contributed by atoms with Crippen LogP contribution in [0.15, 0.2) is 10.7 Å². The fraction of sp³-hybridized carbons (Fsp3) is 0.611. The normalized spacial score (nSPS) is 19.3. The molecule has 1 saturated carbocycles. The van der Waals surface area contributed by atoms with E-state index in [1.807, 2.05) is 6.92 Å². The molecule has 1 N–H and O–H groups in total. The monoisotopic (exact) mass is 372 g/mol. The molecule has 2 fully saturated rings. The third kappa shape index (κ3) is 3.51. The number of nitrogens with one attached hydrogen (secondary N) is 1. The number of nitrogens with zero attached hydrogens (tertiary/aromatic N) is 5. The van der Waals surface area contributed by atoms with Crippen molar-refractivity contribution in [1.82, 2.24) is 25.4 Å².